The van der Waals surface area contributed by atoms with Crippen LogP contribution in [0.1, 0.15) is 24.8 Å². The maximum atomic E-state index is 13.2. The molecule has 1 fully saturated rings. The molecule has 4 heteroatoms. The van der Waals surface area contributed by atoms with Gasteiger partial charge in [0.25, 0.3) is 0 Å². The summed E-state index contributed by atoms with van der Waals surface area (Å²) in [6.45, 7) is 0.229. The maximum Gasteiger partial charge on any atom is 0.127 e. The minimum absolute atomic E-state index is 0.0273. The van der Waals surface area contributed by atoms with Gasteiger partial charge in [-0.3, -0.25) is 0 Å². The van der Waals surface area contributed by atoms with E-state index in [0.29, 0.717) is 24.3 Å². The average molecular weight is 235 g/mol. The Morgan fingerprint density at radius 1 is 1.41 bits per heavy atom. The number of aliphatic hydroxyl groups is 1. The van der Waals surface area contributed by atoms with Crippen LogP contribution in [0.25, 0.3) is 0 Å². The zero-order valence-corrected chi connectivity index (χ0v) is 9.45. The Balaban J connectivity index is 1.99. The lowest BCUT2D eigenvalue weighted by molar-refractivity contribution is 0.234. The molecule has 0 aliphatic heterocycles. The van der Waals surface area contributed by atoms with E-state index in [1.807, 2.05) is 0 Å². The van der Waals surface area contributed by atoms with Gasteiger partial charge in [-0.25, -0.2) is 4.39 Å². The average Bonchev–Trinajstić information content (AvgIpc) is 3.07. The van der Waals surface area contributed by atoms with Crippen molar-refractivity contribution in [2.45, 2.75) is 25.9 Å². The van der Waals surface area contributed by atoms with Crippen molar-refractivity contribution in [3.8, 4) is 11.8 Å². The van der Waals surface area contributed by atoms with Gasteiger partial charge in [-0.1, -0.05) is 0 Å². The van der Waals surface area contributed by atoms with E-state index in [-0.39, 0.29) is 12.0 Å². The van der Waals surface area contributed by atoms with E-state index in [4.69, 9.17) is 15.1 Å². The molecular weight excluding hydrogens is 221 g/mol. The summed E-state index contributed by atoms with van der Waals surface area (Å²) in [5.41, 5.74) is 0.464. The predicted molar refractivity (Wildman–Crippen MR) is 59.7 cm³/mol. The Labute approximate surface area is 99.4 Å². The van der Waals surface area contributed by atoms with Crippen LogP contribution in [0.4, 0.5) is 4.39 Å². The largest absolute Gasteiger partial charge is 0.493 e. The zero-order valence-electron chi connectivity index (χ0n) is 9.45. The summed E-state index contributed by atoms with van der Waals surface area (Å²) < 4.78 is 18.7. The highest BCUT2D eigenvalue weighted by Gasteiger charge is 2.43. The smallest absolute Gasteiger partial charge is 0.127 e. The third-order valence-electron chi connectivity index (χ3n) is 3.07. The van der Waals surface area contributed by atoms with Crippen LogP contribution in [0.5, 0.6) is 5.75 Å². The first-order valence-electron chi connectivity index (χ1n) is 5.57. The molecule has 1 saturated carbocycles. The van der Waals surface area contributed by atoms with E-state index in [1.165, 1.54) is 12.1 Å². The van der Waals surface area contributed by atoms with Crippen molar-refractivity contribution in [3.63, 3.8) is 0 Å². The van der Waals surface area contributed by atoms with Gasteiger partial charge in [0.2, 0.25) is 0 Å². The minimum atomic E-state index is -0.420. The van der Waals surface area contributed by atoms with Crippen LogP contribution in [-0.2, 0) is 6.61 Å². The summed E-state index contributed by atoms with van der Waals surface area (Å²) in [4.78, 5) is 0. The second kappa shape index (κ2) is 4.72. The van der Waals surface area contributed by atoms with Crippen molar-refractivity contribution in [1.82, 2.24) is 0 Å². The number of rotatable bonds is 5. The molecule has 0 radical (unpaired) electrons. The summed E-state index contributed by atoms with van der Waals surface area (Å²) in [6.07, 6.45) is 2.46. The van der Waals surface area contributed by atoms with Crippen LogP contribution in [0, 0.1) is 22.6 Å². The Morgan fingerprint density at radius 2 is 2.18 bits per heavy atom. The molecule has 90 valence electrons. The van der Waals surface area contributed by atoms with Crippen LogP contribution in [0.15, 0.2) is 18.2 Å². The fraction of sp³-hybridized carbons (Fsp3) is 0.462. The molecule has 0 spiro atoms. The maximum absolute atomic E-state index is 13.2. The van der Waals surface area contributed by atoms with E-state index >= 15 is 0 Å². The highest BCUT2D eigenvalue weighted by atomic mass is 19.1. The van der Waals surface area contributed by atoms with E-state index in [9.17, 15) is 4.39 Å². The molecule has 17 heavy (non-hydrogen) atoms. The van der Waals surface area contributed by atoms with Crippen molar-refractivity contribution in [1.29, 1.82) is 5.26 Å². The Hall–Kier alpha value is -1.60. The highest BCUT2D eigenvalue weighted by Crippen LogP contribution is 2.48. The van der Waals surface area contributed by atoms with Crippen molar-refractivity contribution in [2.75, 3.05) is 6.61 Å². The van der Waals surface area contributed by atoms with Gasteiger partial charge < -0.3 is 9.84 Å². The molecular formula is C13H14FNO2. The monoisotopic (exact) mass is 235 g/mol. The number of benzene rings is 1. The lowest BCUT2D eigenvalue weighted by Crippen LogP contribution is -2.12. The zero-order chi connectivity index (χ0) is 12.3. The third kappa shape index (κ3) is 2.95. The summed E-state index contributed by atoms with van der Waals surface area (Å²) in [6, 6.07) is 6.33. The fourth-order valence-electron chi connectivity index (χ4n) is 1.75. The second-order valence-corrected chi connectivity index (χ2v) is 4.58. The lowest BCUT2D eigenvalue weighted by atomic mass is 10.1. The normalized spacial score (nSPS) is 16.3. The summed E-state index contributed by atoms with van der Waals surface area (Å²) >= 11 is 0. The first-order valence-corrected chi connectivity index (χ1v) is 5.57. The Kier molecular flexibility index (Phi) is 3.30. The number of ether oxygens (including phenoxy) is 1. The van der Waals surface area contributed by atoms with Crippen LogP contribution in [0.2, 0.25) is 0 Å². The molecule has 0 atom stereocenters. The molecule has 0 amide bonds. The molecule has 3 nitrogen and oxygen atoms in total. The minimum Gasteiger partial charge on any atom is -0.493 e. The van der Waals surface area contributed by atoms with Crippen molar-refractivity contribution < 1.29 is 14.2 Å². The summed E-state index contributed by atoms with van der Waals surface area (Å²) in [5.74, 6) is -0.00468. The fourth-order valence-corrected chi connectivity index (χ4v) is 1.75. The SMILES string of the molecule is N#CCC1(COc2cc(F)cc(CO)c2)CC1. The van der Waals surface area contributed by atoms with Gasteiger partial charge in [0.05, 0.1) is 19.3 Å². The number of aliphatic hydroxyl groups excluding tert-OH is 1. The number of nitrogens with zero attached hydrogens (tertiary/aromatic N) is 1. The van der Waals surface area contributed by atoms with E-state index in [1.54, 1.807) is 6.07 Å². The summed E-state index contributed by atoms with van der Waals surface area (Å²) in [7, 11) is 0. The van der Waals surface area contributed by atoms with Gasteiger partial charge in [-0.05, 0) is 30.5 Å². The molecule has 1 aromatic carbocycles. The van der Waals surface area contributed by atoms with Gasteiger partial charge in [0.15, 0.2) is 0 Å². The molecule has 0 unspecified atom stereocenters. The van der Waals surface area contributed by atoms with Gasteiger partial charge in [0, 0.05) is 17.9 Å². The quantitative estimate of drug-likeness (QED) is 0.852. The number of nitriles is 1. The van der Waals surface area contributed by atoms with Crippen LogP contribution < -0.4 is 4.74 Å². The Bertz CT molecular complexity index is 449. The first kappa shape index (κ1) is 11.9. The first-order chi connectivity index (χ1) is 8.17. The molecule has 1 N–H and O–H groups in total. The van der Waals surface area contributed by atoms with Gasteiger partial charge >= 0.3 is 0 Å². The third-order valence-corrected chi connectivity index (χ3v) is 3.07. The van der Waals surface area contributed by atoms with E-state index in [2.05, 4.69) is 6.07 Å². The van der Waals surface area contributed by atoms with E-state index in [0.717, 1.165) is 12.8 Å². The lowest BCUT2D eigenvalue weighted by Gasteiger charge is -2.13. The molecule has 0 aromatic heterocycles. The molecule has 1 aliphatic carbocycles. The highest BCUT2D eigenvalue weighted by molar-refractivity contribution is 5.29. The summed E-state index contributed by atoms with van der Waals surface area (Å²) in [5, 5.41) is 17.6. The second-order valence-electron chi connectivity index (χ2n) is 4.58. The molecule has 1 aromatic rings. The van der Waals surface area contributed by atoms with Gasteiger partial charge in [-0.15, -0.1) is 0 Å². The van der Waals surface area contributed by atoms with Crippen LogP contribution >= 0.6 is 0 Å². The number of hydrogen-bond acceptors (Lipinski definition) is 3. The predicted octanol–water partition coefficient (Wildman–Crippen LogP) is 2.39. The molecule has 1 aliphatic rings. The molecule has 0 saturated heterocycles. The number of halogens is 1. The Morgan fingerprint density at radius 3 is 2.76 bits per heavy atom. The van der Waals surface area contributed by atoms with Crippen LogP contribution in [-0.4, -0.2) is 11.7 Å². The van der Waals surface area contributed by atoms with Crippen LogP contribution in [0.3, 0.4) is 0 Å². The van der Waals surface area contributed by atoms with Gasteiger partial charge in [-0.2, -0.15) is 5.26 Å². The molecule has 0 heterocycles. The standard InChI is InChI=1S/C13H14FNO2/c14-11-5-10(8-16)6-12(7-11)17-9-13(1-2-13)3-4-15/h5-7,16H,1-3,8-9H2. The molecule has 2 rings (SSSR count). The molecule has 0 bridgehead atoms. The van der Waals surface area contributed by atoms with E-state index < -0.39 is 5.82 Å². The number of hydrogen-bond donors (Lipinski definition) is 1. The van der Waals surface area contributed by atoms with Crippen molar-refractivity contribution >= 4 is 0 Å². The topological polar surface area (TPSA) is 53.2 Å². The van der Waals surface area contributed by atoms with Crippen molar-refractivity contribution in [3.05, 3.63) is 29.6 Å². The van der Waals surface area contributed by atoms with Gasteiger partial charge in [0.1, 0.15) is 11.6 Å². The van der Waals surface area contributed by atoms with Crippen molar-refractivity contribution in [2.24, 2.45) is 5.41 Å².